The number of amides is 1. The van der Waals surface area contributed by atoms with Crippen molar-refractivity contribution in [1.82, 2.24) is 4.90 Å². The Kier molecular flexibility index (Phi) is 5.41. The molecule has 0 spiro atoms. The molecule has 6 heteroatoms. The molecule has 0 aromatic heterocycles. The van der Waals surface area contributed by atoms with Gasteiger partial charge in [0.15, 0.2) is 12.4 Å². The lowest BCUT2D eigenvalue weighted by Crippen LogP contribution is -2.46. The van der Waals surface area contributed by atoms with E-state index in [-0.39, 0.29) is 12.2 Å². The number of ether oxygens (including phenoxy) is 3. The zero-order chi connectivity index (χ0) is 16.2. The molecule has 0 aliphatic carbocycles. The topological polar surface area (TPSA) is 48.0 Å². The van der Waals surface area contributed by atoms with Crippen molar-refractivity contribution in [2.45, 2.75) is 32.2 Å². The molecule has 3 rings (SSSR count). The van der Waals surface area contributed by atoms with Crippen LogP contribution in [0, 0.1) is 5.92 Å². The molecular weight excluding hydrogens is 318 g/mol. The van der Waals surface area contributed by atoms with Crippen LogP contribution in [0.5, 0.6) is 5.75 Å². The number of para-hydroxylation sites is 1. The number of benzene rings is 1. The average Bonchev–Trinajstić information content (AvgIpc) is 3.11. The third-order valence-corrected chi connectivity index (χ3v) is 4.68. The van der Waals surface area contributed by atoms with E-state index in [1.54, 1.807) is 19.1 Å². The first kappa shape index (κ1) is 16.6. The molecule has 1 unspecified atom stereocenters. The van der Waals surface area contributed by atoms with Crippen molar-refractivity contribution < 1.29 is 19.0 Å². The molecule has 2 aliphatic rings. The largest absolute Gasteiger partial charge is 0.479 e. The van der Waals surface area contributed by atoms with Crippen LogP contribution in [0.1, 0.15) is 19.8 Å². The van der Waals surface area contributed by atoms with Crippen molar-refractivity contribution in [3.05, 3.63) is 29.3 Å². The Morgan fingerprint density at radius 3 is 2.57 bits per heavy atom. The summed E-state index contributed by atoms with van der Waals surface area (Å²) in [7, 11) is 0. The van der Waals surface area contributed by atoms with Gasteiger partial charge in [0.25, 0.3) is 5.91 Å². The van der Waals surface area contributed by atoms with Gasteiger partial charge in [-0.3, -0.25) is 4.79 Å². The van der Waals surface area contributed by atoms with Crippen LogP contribution in [0.15, 0.2) is 24.3 Å². The zero-order valence-corrected chi connectivity index (χ0v) is 14.0. The summed E-state index contributed by atoms with van der Waals surface area (Å²) >= 11 is 6.07. The van der Waals surface area contributed by atoms with Crippen LogP contribution in [-0.2, 0) is 14.3 Å². The zero-order valence-electron chi connectivity index (χ0n) is 13.2. The minimum atomic E-state index is -0.551. The SMILES string of the molecule is CC(Oc1ccccc1Cl)C(=O)N1CCC(C2OCCO2)CC1. The number of piperidine rings is 1. The van der Waals surface area contributed by atoms with Gasteiger partial charge >= 0.3 is 0 Å². The van der Waals surface area contributed by atoms with Crippen LogP contribution in [0.4, 0.5) is 0 Å². The lowest BCUT2D eigenvalue weighted by atomic mass is 9.96. The van der Waals surface area contributed by atoms with Crippen molar-refractivity contribution in [3.63, 3.8) is 0 Å². The van der Waals surface area contributed by atoms with Crippen LogP contribution < -0.4 is 4.74 Å². The third-order valence-electron chi connectivity index (χ3n) is 4.37. The van der Waals surface area contributed by atoms with Crippen molar-refractivity contribution in [2.24, 2.45) is 5.92 Å². The number of halogens is 1. The van der Waals surface area contributed by atoms with E-state index in [0.717, 1.165) is 12.8 Å². The molecule has 0 radical (unpaired) electrons. The molecule has 1 aromatic carbocycles. The number of hydrogen-bond acceptors (Lipinski definition) is 4. The number of nitrogens with zero attached hydrogens (tertiary/aromatic N) is 1. The summed E-state index contributed by atoms with van der Waals surface area (Å²) in [4.78, 5) is 14.4. The molecule has 5 nitrogen and oxygen atoms in total. The minimum absolute atomic E-state index is 0.00312. The molecule has 0 bridgehead atoms. The van der Waals surface area contributed by atoms with Crippen LogP contribution in [0.2, 0.25) is 5.02 Å². The first-order valence-corrected chi connectivity index (χ1v) is 8.46. The summed E-state index contributed by atoms with van der Waals surface area (Å²) in [5, 5.41) is 0.515. The van der Waals surface area contributed by atoms with Gasteiger partial charge in [0.05, 0.1) is 18.2 Å². The van der Waals surface area contributed by atoms with Gasteiger partial charge in [-0.1, -0.05) is 23.7 Å². The van der Waals surface area contributed by atoms with Crippen molar-refractivity contribution in [1.29, 1.82) is 0 Å². The number of likely N-dealkylation sites (tertiary alicyclic amines) is 1. The Balaban J connectivity index is 1.51. The first-order chi connectivity index (χ1) is 11.1. The van der Waals surface area contributed by atoms with E-state index in [0.29, 0.717) is 43.0 Å². The Morgan fingerprint density at radius 1 is 1.26 bits per heavy atom. The van der Waals surface area contributed by atoms with E-state index < -0.39 is 6.10 Å². The summed E-state index contributed by atoms with van der Waals surface area (Å²) in [6.45, 7) is 4.53. The standard InChI is InChI=1S/C17H22ClNO4/c1-12(23-15-5-3-2-4-14(15)18)16(20)19-8-6-13(7-9-19)17-21-10-11-22-17/h2-5,12-13,17H,6-11H2,1H3. The second-order valence-corrected chi connectivity index (χ2v) is 6.37. The van der Waals surface area contributed by atoms with Gasteiger partial charge in [0.2, 0.25) is 0 Å². The highest BCUT2D eigenvalue weighted by Gasteiger charge is 2.33. The van der Waals surface area contributed by atoms with E-state index in [4.69, 9.17) is 25.8 Å². The highest BCUT2D eigenvalue weighted by Crippen LogP contribution is 2.27. The van der Waals surface area contributed by atoms with Crippen molar-refractivity contribution in [3.8, 4) is 5.75 Å². The molecule has 0 N–H and O–H groups in total. The van der Waals surface area contributed by atoms with E-state index >= 15 is 0 Å². The number of rotatable bonds is 4. The molecule has 2 saturated heterocycles. The first-order valence-electron chi connectivity index (χ1n) is 8.08. The molecule has 2 heterocycles. The lowest BCUT2D eigenvalue weighted by molar-refractivity contribution is -0.143. The van der Waals surface area contributed by atoms with Gasteiger partial charge in [0, 0.05) is 19.0 Å². The van der Waals surface area contributed by atoms with Gasteiger partial charge in [-0.05, 0) is 31.9 Å². The maximum atomic E-state index is 12.5. The second-order valence-electron chi connectivity index (χ2n) is 5.96. The maximum absolute atomic E-state index is 12.5. The van der Waals surface area contributed by atoms with Gasteiger partial charge in [0.1, 0.15) is 5.75 Å². The summed E-state index contributed by atoms with van der Waals surface area (Å²) in [6, 6.07) is 7.19. The molecular formula is C17H22ClNO4. The van der Waals surface area contributed by atoms with Crippen molar-refractivity contribution >= 4 is 17.5 Å². The van der Waals surface area contributed by atoms with E-state index in [9.17, 15) is 4.79 Å². The Hall–Kier alpha value is -1.30. The summed E-state index contributed by atoms with van der Waals surface area (Å²) < 4.78 is 16.8. The monoisotopic (exact) mass is 339 g/mol. The Labute approximate surface area is 141 Å². The second kappa shape index (κ2) is 7.51. The van der Waals surface area contributed by atoms with E-state index in [1.807, 2.05) is 17.0 Å². The summed E-state index contributed by atoms with van der Waals surface area (Å²) in [5.74, 6) is 0.913. The number of carbonyl (C=O) groups excluding carboxylic acids is 1. The fourth-order valence-electron chi connectivity index (χ4n) is 3.08. The summed E-state index contributed by atoms with van der Waals surface area (Å²) in [6.07, 6.45) is 1.15. The van der Waals surface area contributed by atoms with Gasteiger partial charge in [-0.15, -0.1) is 0 Å². The highest BCUT2D eigenvalue weighted by molar-refractivity contribution is 6.32. The van der Waals surface area contributed by atoms with Gasteiger partial charge in [-0.2, -0.15) is 0 Å². The average molecular weight is 340 g/mol. The third kappa shape index (κ3) is 3.97. The molecule has 0 saturated carbocycles. The quantitative estimate of drug-likeness (QED) is 0.846. The van der Waals surface area contributed by atoms with Crippen LogP contribution in [0.25, 0.3) is 0 Å². The maximum Gasteiger partial charge on any atom is 0.263 e. The van der Waals surface area contributed by atoms with Gasteiger partial charge < -0.3 is 19.1 Å². The van der Waals surface area contributed by atoms with Crippen LogP contribution >= 0.6 is 11.6 Å². The Bertz CT molecular complexity index is 539. The number of carbonyl (C=O) groups is 1. The molecule has 2 aliphatic heterocycles. The number of hydrogen-bond donors (Lipinski definition) is 0. The van der Waals surface area contributed by atoms with Crippen molar-refractivity contribution in [2.75, 3.05) is 26.3 Å². The molecule has 126 valence electrons. The Morgan fingerprint density at radius 2 is 1.91 bits per heavy atom. The predicted molar refractivity (Wildman–Crippen MR) is 86.5 cm³/mol. The predicted octanol–water partition coefficient (Wildman–Crippen LogP) is 2.72. The molecule has 2 fully saturated rings. The lowest BCUT2D eigenvalue weighted by Gasteiger charge is -2.35. The molecule has 23 heavy (non-hydrogen) atoms. The van der Waals surface area contributed by atoms with E-state index in [1.165, 1.54) is 0 Å². The smallest absolute Gasteiger partial charge is 0.263 e. The minimum Gasteiger partial charge on any atom is -0.479 e. The highest BCUT2D eigenvalue weighted by atomic mass is 35.5. The van der Waals surface area contributed by atoms with Crippen LogP contribution in [-0.4, -0.2) is 49.5 Å². The van der Waals surface area contributed by atoms with Gasteiger partial charge in [-0.25, -0.2) is 0 Å². The molecule has 1 atom stereocenters. The van der Waals surface area contributed by atoms with Crippen LogP contribution in [0.3, 0.4) is 0 Å². The molecule has 1 aromatic rings. The fourth-order valence-corrected chi connectivity index (χ4v) is 3.26. The molecule has 1 amide bonds. The fraction of sp³-hybridized carbons (Fsp3) is 0.588. The van der Waals surface area contributed by atoms with E-state index in [2.05, 4.69) is 0 Å². The summed E-state index contributed by atoms with van der Waals surface area (Å²) in [5.41, 5.74) is 0. The normalized spacial score (nSPS) is 21.4.